The molecule has 1 heterocycles. The molecule has 0 aliphatic carbocycles. The summed E-state index contributed by atoms with van der Waals surface area (Å²) in [7, 11) is -5.93. The number of aromatic nitrogens is 1. The molecular weight excluding hydrogens is 374 g/mol. The summed E-state index contributed by atoms with van der Waals surface area (Å²) in [5.74, 6) is -2.23. The lowest BCUT2D eigenvalue weighted by Gasteiger charge is -2.11. The van der Waals surface area contributed by atoms with E-state index in [0.717, 1.165) is 12.1 Å². The SMILES string of the molecule is CC.O=S(=O)(Oc1cc2ccn(-c3ccccc3)c2cc1F)C(F)(F)F. The monoisotopic (exact) mass is 389 g/mol. The van der Waals surface area contributed by atoms with Crippen LogP contribution in [-0.2, 0) is 10.1 Å². The Labute approximate surface area is 147 Å². The number of hydrogen-bond acceptors (Lipinski definition) is 3. The van der Waals surface area contributed by atoms with Crippen molar-refractivity contribution >= 4 is 21.0 Å². The largest absolute Gasteiger partial charge is 0.534 e. The molecule has 2 aromatic carbocycles. The van der Waals surface area contributed by atoms with Gasteiger partial charge in [-0.25, -0.2) is 4.39 Å². The minimum absolute atomic E-state index is 0.327. The number of rotatable bonds is 3. The van der Waals surface area contributed by atoms with Gasteiger partial charge in [0.15, 0.2) is 11.6 Å². The van der Waals surface area contributed by atoms with Gasteiger partial charge < -0.3 is 8.75 Å². The van der Waals surface area contributed by atoms with Gasteiger partial charge in [0.25, 0.3) is 0 Å². The molecule has 0 N–H and O–H groups in total. The standard InChI is InChI=1S/C15H9F4NO3S.C2H6/c16-12-9-13-10(6-7-20(13)11-4-2-1-3-5-11)8-14(12)23-24(21,22)15(17,18)19;1-2/h1-9H;1-2H3. The third-order valence-corrected chi connectivity index (χ3v) is 4.23. The number of alkyl halides is 3. The van der Waals surface area contributed by atoms with Crippen LogP contribution in [-0.4, -0.2) is 18.5 Å². The van der Waals surface area contributed by atoms with Crippen molar-refractivity contribution in [3.63, 3.8) is 0 Å². The quantitative estimate of drug-likeness (QED) is 0.359. The second-order valence-electron chi connectivity index (χ2n) is 4.85. The van der Waals surface area contributed by atoms with Crippen LogP contribution in [0.4, 0.5) is 17.6 Å². The molecule has 0 bridgehead atoms. The summed E-state index contributed by atoms with van der Waals surface area (Å²) in [5, 5.41) is 0.327. The summed E-state index contributed by atoms with van der Waals surface area (Å²) in [5.41, 5.74) is -4.57. The van der Waals surface area contributed by atoms with Gasteiger partial charge in [0.1, 0.15) is 0 Å². The zero-order valence-corrected chi connectivity index (χ0v) is 14.6. The first-order chi connectivity index (χ1) is 12.2. The van der Waals surface area contributed by atoms with Gasteiger partial charge in [-0.2, -0.15) is 21.6 Å². The summed E-state index contributed by atoms with van der Waals surface area (Å²) in [6, 6.07) is 12.2. The van der Waals surface area contributed by atoms with E-state index in [-0.39, 0.29) is 0 Å². The van der Waals surface area contributed by atoms with E-state index in [0.29, 0.717) is 16.6 Å². The van der Waals surface area contributed by atoms with Crippen LogP contribution < -0.4 is 4.18 Å². The third-order valence-electron chi connectivity index (χ3n) is 3.26. The highest BCUT2D eigenvalue weighted by molar-refractivity contribution is 7.88. The fourth-order valence-corrected chi connectivity index (χ4v) is 2.64. The molecule has 140 valence electrons. The van der Waals surface area contributed by atoms with Crippen molar-refractivity contribution in [1.82, 2.24) is 4.57 Å². The molecule has 26 heavy (non-hydrogen) atoms. The van der Waals surface area contributed by atoms with E-state index < -0.39 is 27.2 Å². The zero-order chi connectivity index (χ0) is 19.5. The summed E-state index contributed by atoms with van der Waals surface area (Å²) in [6.07, 6.45) is 1.58. The molecule has 0 fully saturated rings. The first-order valence-corrected chi connectivity index (χ1v) is 8.97. The van der Waals surface area contributed by atoms with Crippen molar-refractivity contribution in [1.29, 1.82) is 0 Å². The van der Waals surface area contributed by atoms with Crippen molar-refractivity contribution < 1.29 is 30.2 Å². The Kier molecular flexibility index (Phi) is 5.60. The molecule has 0 aliphatic rings. The predicted molar refractivity (Wildman–Crippen MR) is 90.2 cm³/mol. The van der Waals surface area contributed by atoms with Gasteiger partial charge >= 0.3 is 15.6 Å². The lowest BCUT2D eigenvalue weighted by molar-refractivity contribution is -0.0500. The zero-order valence-electron chi connectivity index (χ0n) is 13.8. The number of benzene rings is 2. The van der Waals surface area contributed by atoms with E-state index in [1.807, 2.05) is 13.8 Å². The molecule has 0 unspecified atom stereocenters. The van der Waals surface area contributed by atoms with E-state index in [9.17, 15) is 26.0 Å². The maximum absolute atomic E-state index is 14.0. The summed E-state index contributed by atoms with van der Waals surface area (Å²) < 4.78 is 78.6. The first-order valence-electron chi connectivity index (χ1n) is 7.56. The molecule has 0 saturated carbocycles. The lowest BCUT2D eigenvalue weighted by Crippen LogP contribution is -2.28. The molecular formula is C17H15F4NO3S. The van der Waals surface area contributed by atoms with Gasteiger partial charge in [-0.05, 0) is 24.3 Å². The van der Waals surface area contributed by atoms with Crippen molar-refractivity contribution in [2.24, 2.45) is 0 Å². The van der Waals surface area contributed by atoms with Crippen molar-refractivity contribution in [3.8, 4) is 11.4 Å². The fraction of sp³-hybridized carbons (Fsp3) is 0.176. The summed E-state index contributed by atoms with van der Waals surface area (Å²) in [4.78, 5) is 0. The molecule has 3 rings (SSSR count). The van der Waals surface area contributed by atoms with E-state index in [4.69, 9.17) is 0 Å². The topological polar surface area (TPSA) is 48.3 Å². The Bertz CT molecular complexity index is 996. The molecule has 0 saturated heterocycles. The molecule has 4 nitrogen and oxygen atoms in total. The van der Waals surface area contributed by atoms with Gasteiger partial charge in [-0.1, -0.05) is 32.0 Å². The Morgan fingerprint density at radius 2 is 1.62 bits per heavy atom. The second-order valence-corrected chi connectivity index (χ2v) is 6.38. The smallest absolute Gasteiger partial charge is 0.373 e. The molecule has 0 aliphatic heterocycles. The summed E-state index contributed by atoms with van der Waals surface area (Å²) >= 11 is 0. The highest BCUT2D eigenvalue weighted by Gasteiger charge is 2.48. The molecule has 9 heteroatoms. The highest BCUT2D eigenvalue weighted by Crippen LogP contribution is 2.32. The fourth-order valence-electron chi connectivity index (χ4n) is 2.18. The Morgan fingerprint density at radius 3 is 2.19 bits per heavy atom. The Morgan fingerprint density at radius 1 is 1.00 bits per heavy atom. The molecule has 1 aromatic heterocycles. The van der Waals surface area contributed by atoms with E-state index in [1.54, 1.807) is 41.1 Å². The Balaban J connectivity index is 0.00000117. The number of para-hydroxylation sites is 1. The lowest BCUT2D eigenvalue weighted by atomic mass is 10.2. The van der Waals surface area contributed by atoms with E-state index in [1.165, 1.54) is 6.07 Å². The van der Waals surface area contributed by atoms with E-state index >= 15 is 0 Å². The van der Waals surface area contributed by atoms with Crippen LogP contribution in [0.1, 0.15) is 13.8 Å². The van der Waals surface area contributed by atoms with Crippen LogP contribution in [0.15, 0.2) is 54.7 Å². The van der Waals surface area contributed by atoms with Gasteiger partial charge in [0, 0.05) is 23.3 Å². The number of hydrogen-bond donors (Lipinski definition) is 0. The maximum atomic E-state index is 14.0. The second kappa shape index (κ2) is 7.36. The maximum Gasteiger partial charge on any atom is 0.534 e. The summed E-state index contributed by atoms with van der Waals surface area (Å²) in [6.45, 7) is 4.00. The normalized spacial score (nSPS) is 11.8. The molecule has 0 spiro atoms. The first kappa shape index (κ1) is 19.8. The van der Waals surface area contributed by atoms with Crippen LogP contribution in [0.5, 0.6) is 5.75 Å². The predicted octanol–water partition coefficient (Wildman–Crippen LogP) is 5.02. The van der Waals surface area contributed by atoms with Crippen molar-refractivity contribution in [2.45, 2.75) is 19.4 Å². The molecule has 0 atom stereocenters. The molecule has 0 amide bonds. The van der Waals surface area contributed by atoms with Gasteiger partial charge in [-0.15, -0.1) is 0 Å². The number of nitrogens with zero attached hydrogens (tertiary/aromatic N) is 1. The van der Waals surface area contributed by atoms with Crippen LogP contribution in [0.2, 0.25) is 0 Å². The third kappa shape index (κ3) is 3.82. The highest BCUT2D eigenvalue weighted by atomic mass is 32.2. The minimum Gasteiger partial charge on any atom is -0.373 e. The average Bonchev–Trinajstić information content (AvgIpc) is 2.99. The Hall–Kier alpha value is -2.55. The van der Waals surface area contributed by atoms with Crippen molar-refractivity contribution in [2.75, 3.05) is 0 Å². The van der Waals surface area contributed by atoms with Crippen molar-refractivity contribution in [3.05, 3.63) is 60.5 Å². The van der Waals surface area contributed by atoms with E-state index in [2.05, 4.69) is 4.18 Å². The average molecular weight is 389 g/mol. The molecule has 0 radical (unpaired) electrons. The number of fused-ring (bicyclic) bond motifs is 1. The van der Waals surface area contributed by atoms with Crippen LogP contribution in [0.25, 0.3) is 16.6 Å². The van der Waals surface area contributed by atoms with Gasteiger partial charge in [-0.3, -0.25) is 0 Å². The number of halogens is 4. The molecule has 3 aromatic rings. The van der Waals surface area contributed by atoms with Crippen LogP contribution in [0.3, 0.4) is 0 Å². The van der Waals surface area contributed by atoms with Crippen LogP contribution in [0, 0.1) is 5.82 Å². The minimum atomic E-state index is -5.93. The van der Waals surface area contributed by atoms with Crippen LogP contribution >= 0.6 is 0 Å². The van der Waals surface area contributed by atoms with Gasteiger partial charge in [0.2, 0.25) is 0 Å². The van der Waals surface area contributed by atoms with Gasteiger partial charge in [0.05, 0.1) is 5.52 Å².